The molecule has 2 aromatic rings. The van der Waals surface area contributed by atoms with E-state index in [1.165, 1.54) is 16.7 Å². The summed E-state index contributed by atoms with van der Waals surface area (Å²) in [4.78, 5) is 7.12. The number of rotatable bonds is 1. The van der Waals surface area contributed by atoms with Gasteiger partial charge >= 0.3 is 0 Å². The molecule has 12 heavy (non-hydrogen) atoms. The molecule has 0 fully saturated rings. The van der Waals surface area contributed by atoms with Crippen LogP contribution in [0.4, 0.5) is 0 Å². The Morgan fingerprint density at radius 3 is 2.92 bits per heavy atom. The van der Waals surface area contributed by atoms with Crippen LogP contribution < -0.4 is 0 Å². The molecule has 2 heterocycles. The zero-order valence-electron chi connectivity index (χ0n) is 6.91. The maximum atomic E-state index is 4.09. The molecule has 0 aliphatic rings. The van der Waals surface area contributed by atoms with Crippen LogP contribution in [-0.4, -0.2) is 9.97 Å². The quantitative estimate of drug-likeness (QED) is 0.678. The van der Waals surface area contributed by atoms with Crippen molar-refractivity contribution in [2.24, 2.45) is 0 Å². The predicted molar refractivity (Wildman–Crippen MR) is 48.8 cm³/mol. The minimum Gasteiger partial charge on any atom is -0.367 e. The van der Waals surface area contributed by atoms with Crippen LogP contribution in [0, 0.1) is 6.92 Å². The fourth-order valence-corrected chi connectivity index (χ4v) is 1.26. The van der Waals surface area contributed by atoms with Crippen LogP contribution in [-0.2, 0) is 0 Å². The maximum Gasteiger partial charge on any atom is 0.0349 e. The molecular formula is C10H10N2. The number of nitrogens with one attached hydrogen (secondary N) is 1. The van der Waals surface area contributed by atoms with Gasteiger partial charge in [0.1, 0.15) is 0 Å². The predicted octanol–water partition coefficient (Wildman–Crippen LogP) is 2.39. The van der Waals surface area contributed by atoms with Crippen molar-refractivity contribution >= 4 is 0 Å². The first-order valence-electron chi connectivity index (χ1n) is 3.92. The van der Waals surface area contributed by atoms with Gasteiger partial charge in [0.15, 0.2) is 0 Å². The van der Waals surface area contributed by atoms with E-state index in [1.54, 1.807) is 0 Å². The van der Waals surface area contributed by atoms with Crippen LogP contribution in [0.3, 0.4) is 0 Å². The molecule has 0 aromatic carbocycles. The number of pyridine rings is 1. The summed E-state index contributed by atoms with van der Waals surface area (Å²) in [6.07, 6.45) is 7.59. The van der Waals surface area contributed by atoms with Gasteiger partial charge in [-0.25, -0.2) is 0 Å². The highest BCUT2D eigenvalue weighted by molar-refractivity contribution is 5.64. The van der Waals surface area contributed by atoms with Gasteiger partial charge in [0, 0.05) is 35.9 Å². The molecule has 0 aliphatic carbocycles. The Bertz CT molecular complexity index is 363. The van der Waals surface area contributed by atoms with Crippen LogP contribution in [0.15, 0.2) is 36.9 Å². The van der Waals surface area contributed by atoms with Gasteiger partial charge in [0.05, 0.1) is 0 Å². The van der Waals surface area contributed by atoms with E-state index < -0.39 is 0 Å². The highest BCUT2D eigenvalue weighted by Crippen LogP contribution is 2.20. The van der Waals surface area contributed by atoms with Gasteiger partial charge in [-0.05, 0) is 24.6 Å². The monoisotopic (exact) mass is 158 g/mol. The molecule has 1 N–H and O–H groups in total. The third-order valence-electron chi connectivity index (χ3n) is 1.95. The number of hydrogen-bond donors (Lipinski definition) is 1. The summed E-state index contributed by atoms with van der Waals surface area (Å²) in [7, 11) is 0. The summed E-state index contributed by atoms with van der Waals surface area (Å²) in [6.45, 7) is 2.09. The smallest absolute Gasteiger partial charge is 0.0349 e. The lowest BCUT2D eigenvalue weighted by Gasteiger charge is -2.00. The Hall–Kier alpha value is -1.57. The summed E-state index contributed by atoms with van der Waals surface area (Å²) in [5.41, 5.74) is 3.64. The first-order chi connectivity index (χ1) is 5.88. The molecule has 0 amide bonds. The van der Waals surface area contributed by atoms with Crippen molar-refractivity contribution in [1.82, 2.24) is 9.97 Å². The number of nitrogens with zero attached hydrogens (tertiary/aromatic N) is 1. The Kier molecular flexibility index (Phi) is 1.67. The number of hydrogen-bond acceptors (Lipinski definition) is 1. The second-order valence-electron chi connectivity index (χ2n) is 2.79. The van der Waals surface area contributed by atoms with E-state index in [9.17, 15) is 0 Å². The van der Waals surface area contributed by atoms with E-state index in [0.29, 0.717) is 0 Å². The third-order valence-corrected chi connectivity index (χ3v) is 1.95. The van der Waals surface area contributed by atoms with Gasteiger partial charge in [-0.2, -0.15) is 0 Å². The second kappa shape index (κ2) is 2.81. The Morgan fingerprint density at radius 2 is 2.25 bits per heavy atom. The molecule has 2 aromatic heterocycles. The summed E-state index contributed by atoms with van der Waals surface area (Å²) >= 11 is 0. The first-order valence-corrected chi connectivity index (χ1v) is 3.92. The summed E-state index contributed by atoms with van der Waals surface area (Å²) in [5, 5.41) is 0. The lowest BCUT2D eigenvalue weighted by molar-refractivity contribution is 1.29. The molecule has 0 radical (unpaired) electrons. The molecule has 0 aliphatic heterocycles. The molecule has 2 heteroatoms. The van der Waals surface area contributed by atoms with Crippen molar-refractivity contribution in [3.05, 3.63) is 42.5 Å². The average molecular weight is 158 g/mol. The number of H-pyrrole nitrogens is 1. The topological polar surface area (TPSA) is 28.7 Å². The first kappa shape index (κ1) is 7.10. The van der Waals surface area contributed by atoms with Gasteiger partial charge in [-0.1, -0.05) is 0 Å². The van der Waals surface area contributed by atoms with E-state index in [-0.39, 0.29) is 0 Å². The summed E-state index contributed by atoms with van der Waals surface area (Å²) < 4.78 is 0. The molecule has 2 rings (SSSR count). The molecule has 0 atom stereocenters. The standard InChI is InChI=1S/C10H10N2/c1-8-2-4-12-7-10(8)9-3-5-11-6-9/h2-7,11H,1H3. The highest BCUT2D eigenvalue weighted by Gasteiger charge is 1.99. The molecule has 0 bridgehead atoms. The summed E-state index contributed by atoms with van der Waals surface area (Å²) in [5.74, 6) is 0. The van der Waals surface area contributed by atoms with E-state index in [2.05, 4.69) is 16.9 Å². The Balaban J connectivity index is 2.55. The Morgan fingerprint density at radius 1 is 1.33 bits per heavy atom. The van der Waals surface area contributed by atoms with Crippen molar-refractivity contribution in [2.45, 2.75) is 6.92 Å². The third kappa shape index (κ3) is 1.11. The van der Waals surface area contributed by atoms with Crippen LogP contribution in [0.25, 0.3) is 11.1 Å². The van der Waals surface area contributed by atoms with Crippen LogP contribution in [0.2, 0.25) is 0 Å². The molecule has 0 spiro atoms. The zero-order chi connectivity index (χ0) is 8.39. The van der Waals surface area contributed by atoms with Crippen LogP contribution in [0.1, 0.15) is 5.56 Å². The molecule has 60 valence electrons. The average Bonchev–Trinajstić information content (AvgIpc) is 2.57. The van der Waals surface area contributed by atoms with Gasteiger partial charge in [0.25, 0.3) is 0 Å². The minimum atomic E-state index is 1.19. The SMILES string of the molecule is Cc1ccncc1-c1cc[nH]c1. The van der Waals surface area contributed by atoms with Crippen molar-refractivity contribution < 1.29 is 0 Å². The minimum absolute atomic E-state index is 1.19. The van der Waals surface area contributed by atoms with E-state index in [1.807, 2.05) is 36.9 Å². The molecule has 0 saturated carbocycles. The van der Waals surface area contributed by atoms with Crippen LogP contribution >= 0.6 is 0 Å². The number of aromatic nitrogens is 2. The van der Waals surface area contributed by atoms with Crippen molar-refractivity contribution in [2.75, 3.05) is 0 Å². The van der Waals surface area contributed by atoms with Crippen LogP contribution in [0.5, 0.6) is 0 Å². The normalized spacial score (nSPS) is 10.1. The van der Waals surface area contributed by atoms with Gasteiger partial charge in [-0.3, -0.25) is 4.98 Å². The van der Waals surface area contributed by atoms with Gasteiger partial charge in [-0.15, -0.1) is 0 Å². The van der Waals surface area contributed by atoms with E-state index in [4.69, 9.17) is 0 Å². The van der Waals surface area contributed by atoms with Gasteiger partial charge in [0.2, 0.25) is 0 Å². The Labute approximate surface area is 71.3 Å². The lowest BCUT2D eigenvalue weighted by atomic mass is 10.1. The largest absolute Gasteiger partial charge is 0.367 e. The fourth-order valence-electron chi connectivity index (χ4n) is 1.26. The van der Waals surface area contributed by atoms with Crippen molar-refractivity contribution in [3.8, 4) is 11.1 Å². The second-order valence-corrected chi connectivity index (χ2v) is 2.79. The fraction of sp³-hybridized carbons (Fsp3) is 0.100. The van der Waals surface area contributed by atoms with Crippen molar-refractivity contribution in [3.63, 3.8) is 0 Å². The lowest BCUT2D eigenvalue weighted by Crippen LogP contribution is -1.81. The number of aromatic amines is 1. The summed E-state index contributed by atoms with van der Waals surface area (Å²) in [6, 6.07) is 4.06. The van der Waals surface area contributed by atoms with Gasteiger partial charge < -0.3 is 4.98 Å². The zero-order valence-corrected chi connectivity index (χ0v) is 6.91. The van der Waals surface area contributed by atoms with Crippen molar-refractivity contribution in [1.29, 1.82) is 0 Å². The molecule has 0 unspecified atom stereocenters. The highest BCUT2D eigenvalue weighted by atomic mass is 14.6. The molecular weight excluding hydrogens is 148 g/mol. The maximum absolute atomic E-state index is 4.09. The molecule has 0 saturated heterocycles. The number of aryl methyl sites for hydroxylation is 1. The van der Waals surface area contributed by atoms with E-state index in [0.717, 1.165) is 0 Å². The van der Waals surface area contributed by atoms with E-state index >= 15 is 0 Å². The molecule has 2 nitrogen and oxygen atoms in total.